The summed E-state index contributed by atoms with van der Waals surface area (Å²) in [6.45, 7) is 1.62. The van der Waals surface area contributed by atoms with Gasteiger partial charge in [-0.2, -0.15) is 0 Å². The van der Waals surface area contributed by atoms with E-state index < -0.39 is 17.9 Å². The lowest BCUT2D eigenvalue weighted by atomic mass is 10.1. The summed E-state index contributed by atoms with van der Waals surface area (Å²) in [4.78, 5) is 30.0. The van der Waals surface area contributed by atoms with Crippen LogP contribution in [0.5, 0.6) is 17.2 Å². The summed E-state index contributed by atoms with van der Waals surface area (Å²) in [6, 6.07) is 12.0. The minimum atomic E-state index is -0.782. The number of nitrogens with zero attached hydrogens (tertiary/aromatic N) is 2. The summed E-state index contributed by atoms with van der Waals surface area (Å²) in [5, 5.41) is 6.07. The van der Waals surface area contributed by atoms with E-state index in [0.717, 1.165) is 11.3 Å². The fourth-order valence-corrected chi connectivity index (χ4v) is 4.74. The molecule has 2 heterocycles. The second kappa shape index (κ2) is 12.9. The number of hydrogen-bond donors (Lipinski definition) is 2. The standard InChI is InChI=1S/C29H28Cl2N4O5/c1-17-16-35-13-5-6-23(28(35)34-17)40-29(32-2)26-20(30)10-9-19(27(26)31)21(36)15-33-25(37)12-8-18-7-11-22(38-3)24(14-18)39-4/h5-14,16,29,32H,15H2,1-4H3,(H,33,37). The minimum absolute atomic E-state index is 0.124. The molecule has 1 amide bonds. The molecule has 2 aromatic heterocycles. The van der Waals surface area contributed by atoms with Gasteiger partial charge in [0, 0.05) is 29.6 Å². The number of carbonyl (C=O) groups is 2. The summed E-state index contributed by atoms with van der Waals surface area (Å²) in [5.41, 5.74) is 2.78. The highest BCUT2D eigenvalue weighted by atomic mass is 35.5. The van der Waals surface area contributed by atoms with Gasteiger partial charge < -0.3 is 23.9 Å². The van der Waals surface area contributed by atoms with E-state index in [9.17, 15) is 9.59 Å². The SMILES string of the molecule is CNC(Oc1cccn2cc(C)nc12)c1c(Cl)ccc(C(=O)CNC(=O)C=Cc2ccc(OC)c(OC)c2)c1Cl. The van der Waals surface area contributed by atoms with Gasteiger partial charge in [-0.1, -0.05) is 29.3 Å². The quantitative estimate of drug-likeness (QED) is 0.141. The predicted molar refractivity (Wildman–Crippen MR) is 155 cm³/mol. The maximum Gasteiger partial charge on any atom is 0.244 e. The number of amides is 1. The normalized spacial score (nSPS) is 11.9. The summed E-state index contributed by atoms with van der Waals surface area (Å²) in [7, 11) is 4.76. The monoisotopic (exact) mass is 582 g/mol. The van der Waals surface area contributed by atoms with Crippen molar-refractivity contribution < 1.29 is 23.8 Å². The number of halogens is 2. The average Bonchev–Trinajstić information content (AvgIpc) is 3.35. The lowest BCUT2D eigenvalue weighted by Gasteiger charge is -2.22. The molecule has 0 radical (unpaired) electrons. The first-order valence-electron chi connectivity index (χ1n) is 12.2. The summed E-state index contributed by atoms with van der Waals surface area (Å²) in [5.74, 6) is 0.777. The van der Waals surface area contributed by atoms with Crippen molar-refractivity contribution in [2.75, 3.05) is 27.8 Å². The molecular weight excluding hydrogens is 555 g/mol. The van der Waals surface area contributed by atoms with E-state index >= 15 is 0 Å². The highest BCUT2D eigenvalue weighted by Gasteiger charge is 2.24. The highest BCUT2D eigenvalue weighted by molar-refractivity contribution is 6.38. The largest absolute Gasteiger partial charge is 0.493 e. The third-order valence-electron chi connectivity index (χ3n) is 6.02. The predicted octanol–water partition coefficient (Wildman–Crippen LogP) is 5.28. The van der Waals surface area contributed by atoms with Crippen molar-refractivity contribution >= 4 is 46.6 Å². The van der Waals surface area contributed by atoms with Gasteiger partial charge in [-0.05, 0) is 62.0 Å². The topological polar surface area (TPSA) is 103 Å². The molecule has 0 aliphatic heterocycles. The number of imidazole rings is 1. The van der Waals surface area contributed by atoms with Gasteiger partial charge in [0.1, 0.15) is 0 Å². The van der Waals surface area contributed by atoms with E-state index in [1.165, 1.54) is 19.3 Å². The Hall–Kier alpha value is -4.05. The molecule has 1 atom stereocenters. The Bertz CT molecular complexity index is 1580. The number of ketones is 1. The zero-order chi connectivity index (χ0) is 28.8. The van der Waals surface area contributed by atoms with Gasteiger partial charge in [-0.3, -0.25) is 14.9 Å². The fraction of sp³-hybridized carbons (Fsp3) is 0.207. The Morgan fingerprint density at radius 2 is 1.85 bits per heavy atom. The molecule has 11 heteroatoms. The maximum atomic E-state index is 13.0. The first-order chi connectivity index (χ1) is 19.2. The highest BCUT2D eigenvalue weighted by Crippen LogP contribution is 2.35. The Morgan fingerprint density at radius 3 is 2.58 bits per heavy atom. The number of methoxy groups -OCH3 is 2. The molecule has 4 rings (SSSR count). The van der Waals surface area contributed by atoms with Crippen LogP contribution in [0.15, 0.2) is 60.9 Å². The van der Waals surface area contributed by atoms with Crippen molar-refractivity contribution in [3.63, 3.8) is 0 Å². The van der Waals surface area contributed by atoms with Crippen LogP contribution < -0.4 is 24.8 Å². The first kappa shape index (κ1) is 28.9. The summed E-state index contributed by atoms with van der Waals surface area (Å²) in [6.07, 6.45) is 5.90. The Kier molecular flexibility index (Phi) is 9.31. The lowest BCUT2D eigenvalue weighted by molar-refractivity contribution is -0.116. The molecule has 0 aliphatic carbocycles. The van der Waals surface area contributed by atoms with E-state index in [0.29, 0.717) is 33.5 Å². The van der Waals surface area contributed by atoms with Crippen LogP contribution in [0, 0.1) is 6.92 Å². The van der Waals surface area contributed by atoms with Gasteiger partial charge in [0.05, 0.1) is 36.5 Å². The smallest absolute Gasteiger partial charge is 0.244 e. The zero-order valence-corrected chi connectivity index (χ0v) is 23.8. The molecule has 208 valence electrons. The number of hydrogen-bond acceptors (Lipinski definition) is 7. The molecule has 2 N–H and O–H groups in total. The van der Waals surface area contributed by atoms with E-state index in [2.05, 4.69) is 15.6 Å². The van der Waals surface area contributed by atoms with Crippen LogP contribution in [0.1, 0.15) is 33.4 Å². The van der Waals surface area contributed by atoms with Crippen molar-refractivity contribution in [1.29, 1.82) is 0 Å². The van der Waals surface area contributed by atoms with Crippen molar-refractivity contribution in [1.82, 2.24) is 20.0 Å². The van der Waals surface area contributed by atoms with Crippen LogP contribution >= 0.6 is 23.2 Å². The number of benzene rings is 2. The molecule has 0 fully saturated rings. The third-order valence-corrected chi connectivity index (χ3v) is 6.76. The number of aryl methyl sites for hydroxylation is 1. The van der Waals surface area contributed by atoms with Gasteiger partial charge in [0.25, 0.3) is 0 Å². The summed E-state index contributed by atoms with van der Waals surface area (Å²) >= 11 is 13.2. The number of nitrogens with one attached hydrogen (secondary N) is 2. The molecule has 9 nitrogen and oxygen atoms in total. The molecule has 0 saturated carbocycles. The minimum Gasteiger partial charge on any atom is -0.493 e. The Labute approximate surface area is 241 Å². The molecular formula is C29H28Cl2N4O5. The molecule has 0 spiro atoms. The van der Waals surface area contributed by atoms with Gasteiger partial charge in [-0.15, -0.1) is 0 Å². The molecule has 0 aliphatic rings. The van der Waals surface area contributed by atoms with Crippen molar-refractivity contribution in [2.45, 2.75) is 13.2 Å². The van der Waals surface area contributed by atoms with Crippen LogP contribution in [0.3, 0.4) is 0 Å². The van der Waals surface area contributed by atoms with Crippen molar-refractivity contribution in [3.8, 4) is 17.2 Å². The van der Waals surface area contributed by atoms with Crippen molar-refractivity contribution in [3.05, 3.63) is 93.4 Å². The van der Waals surface area contributed by atoms with Gasteiger partial charge in [-0.25, -0.2) is 4.98 Å². The number of carbonyl (C=O) groups excluding carboxylic acids is 2. The maximum absolute atomic E-state index is 13.0. The molecule has 4 aromatic rings. The number of ether oxygens (including phenoxy) is 3. The third kappa shape index (κ3) is 6.39. The van der Waals surface area contributed by atoms with E-state index in [1.54, 1.807) is 50.6 Å². The molecule has 0 bridgehead atoms. The Balaban J connectivity index is 1.48. The lowest BCUT2D eigenvalue weighted by Crippen LogP contribution is -2.29. The first-order valence-corrected chi connectivity index (χ1v) is 13.0. The summed E-state index contributed by atoms with van der Waals surface area (Å²) < 4.78 is 18.5. The number of pyridine rings is 1. The number of aromatic nitrogens is 2. The molecule has 1 unspecified atom stereocenters. The van der Waals surface area contributed by atoms with E-state index in [-0.39, 0.29) is 17.1 Å². The van der Waals surface area contributed by atoms with Crippen LogP contribution in [-0.4, -0.2) is 48.9 Å². The van der Waals surface area contributed by atoms with Crippen LogP contribution in [0.4, 0.5) is 0 Å². The Morgan fingerprint density at radius 1 is 1.07 bits per heavy atom. The molecule has 0 saturated heterocycles. The van der Waals surface area contributed by atoms with Gasteiger partial charge in [0.2, 0.25) is 5.91 Å². The number of Topliss-reactive ketones (excluding diaryl/α,β-unsaturated/α-hetero) is 1. The zero-order valence-electron chi connectivity index (χ0n) is 22.3. The second-order valence-electron chi connectivity index (χ2n) is 8.68. The molecule has 2 aromatic carbocycles. The van der Waals surface area contributed by atoms with E-state index in [1.807, 2.05) is 29.8 Å². The molecule has 40 heavy (non-hydrogen) atoms. The van der Waals surface area contributed by atoms with E-state index in [4.69, 9.17) is 37.4 Å². The average molecular weight is 583 g/mol. The number of rotatable bonds is 11. The van der Waals surface area contributed by atoms with Gasteiger partial charge >= 0.3 is 0 Å². The number of fused-ring (bicyclic) bond motifs is 1. The van der Waals surface area contributed by atoms with Crippen LogP contribution in [-0.2, 0) is 4.79 Å². The van der Waals surface area contributed by atoms with Crippen LogP contribution in [0.2, 0.25) is 10.0 Å². The second-order valence-corrected chi connectivity index (χ2v) is 9.47. The van der Waals surface area contributed by atoms with Gasteiger partial charge in [0.15, 0.2) is 34.9 Å². The fourth-order valence-electron chi connectivity index (χ4n) is 4.07. The van der Waals surface area contributed by atoms with Crippen molar-refractivity contribution in [2.24, 2.45) is 0 Å². The van der Waals surface area contributed by atoms with Crippen LogP contribution in [0.25, 0.3) is 11.7 Å².